The van der Waals surface area contributed by atoms with E-state index in [4.69, 9.17) is 0 Å². The molecule has 0 spiro atoms. The van der Waals surface area contributed by atoms with Crippen molar-refractivity contribution in [3.63, 3.8) is 0 Å². The predicted molar refractivity (Wildman–Crippen MR) is 90.9 cm³/mol. The van der Waals surface area contributed by atoms with Gasteiger partial charge in [-0.05, 0) is 29.2 Å². The Morgan fingerprint density at radius 3 is 2.29 bits per heavy atom. The normalized spacial score (nSPS) is 11.2. The van der Waals surface area contributed by atoms with E-state index in [9.17, 15) is 4.79 Å². The van der Waals surface area contributed by atoms with Gasteiger partial charge in [0.25, 0.3) is 0 Å². The van der Waals surface area contributed by atoms with Crippen LogP contribution in [0.25, 0.3) is 0 Å². The van der Waals surface area contributed by atoms with Gasteiger partial charge in [0.15, 0.2) is 0 Å². The van der Waals surface area contributed by atoms with Gasteiger partial charge in [0.1, 0.15) is 0 Å². The average Bonchev–Trinajstić information content (AvgIpc) is 2.46. The Morgan fingerprint density at radius 2 is 1.62 bits per heavy atom. The molecule has 0 bridgehead atoms. The van der Waals surface area contributed by atoms with Crippen LogP contribution in [0, 0.1) is 0 Å². The quantitative estimate of drug-likeness (QED) is 0.828. The summed E-state index contributed by atoms with van der Waals surface area (Å²) in [7, 11) is 0. The molecule has 0 fully saturated rings. The van der Waals surface area contributed by atoms with E-state index in [1.54, 1.807) is 11.8 Å². The first-order chi connectivity index (χ1) is 9.97. The van der Waals surface area contributed by atoms with Crippen LogP contribution in [0.4, 0.5) is 5.69 Å². The van der Waals surface area contributed by atoms with Gasteiger partial charge in [0, 0.05) is 10.6 Å². The molecule has 0 aromatic heterocycles. The fraction of sp³-hybridized carbons (Fsp3) is 0.278. The highest BCUT2D eigenvalue weighted by Gasteiger charge is 2.18. The van der Waals surface area contributed by atoms with Gasteiger partial charge in [-0.3, -0.25) is 4.79 Å². The molecule has 0 aliphatic rings. The topological polar surface area (TPSA) is 29.1 Å². The summed E-state index contributed by atoms with van der Waals surface area (Å²) < 4.78 is 0. The Labute approximate surface area is 131 Å². The Hall–Kier alpha value is -1.74. The Bertz CT molecular complexity index is 602. The summed E-state index contributed by atoms with van der Waals surface area (Å²) in [6.07, 6.45) is 0. The summed E-state index contributed by atoms with van der Waals surface area (Å²) in [6, 6.07) is 18.0. The SMILES string of the molecule is CC(C)(C)c1ccccc1NC(=O)CSc1ccccc1. The number of amides is 1. The second-order valence-corrected chi connectivity index (χ2v) is 6.99. The number of thioether (sulfide) groups is 1. The van der Waals surface area contributed by atoms with Crippen molar-refractivity contribution in [3.05, 3.63) is 60.2 Å². The van der Waals surface area contributed by atoms with Crippen molar-refractivity contribution >= 4 is 23.4 Å². The van der Waals surface area contributed by atoms with E-state index in [0.29, 0.717) is 5.75 Å². The Kier molecular flexibility index (Phi) is 5.07. The van der Waals surface area contributed by atoms with Crippen LogP contribution in [0.1, 0.15) is 26.3 Å². The first kappa shape index (κ1) is 15.6. The molecule has 3 heteroatoms. The largest absolute Gasteiger partial charge is 0.325 e. The minimum Gasteiger partial charge on any atom is -0.325 e. The molecule has 1 amide bonds. The van der Waals surface area contributed by atoms with E-state index >= 15 is 0 Å². The lowest BCUT2D eigenvalue weighted by molar-refractivity contribution is -0.113. The zero-order chi connectivity index (χ0) is 15.3. The van der Waals surface area contributed by atoms with Crippen molar-refractivity contribution in [2.24, 2.45) is 0 Å². The Morgan fingerprint density at radius 1 is 1.00 bits per heavy atom. The van der Waals surface area contributed by atoms with Crippen molar-refractivity contribution in [1.29, 1.82) is 0 Å². The third-order valence-corrected chi connectivity index (χ3v) is 4.13. The molecular formula is C18H21NOS. The van der Waals surface area contributed by atoms with Crippen LogP contribution in [-0.2, 0) is 10.2 Å². The van der Waals surface area contributed by atoms with Gasteiger partial charge in [-0.25, -0.2) is 0 Å². The molecule has 1 N–H and O–H groups in total. The van der Waals surface area contributed by atoms with Crippen LogP contribution in [-0.4, -0.2) is 11.7 Å². The summed E-state index contributed by atoms with van der Waals surface area (Å²) in [5.41, 5.74) is 2.07. The van der Waals surface area contributed by atoms with Crippen LogP contribution in [0.5, 0.6) is 0 Å². The van der Waals surface area contributed by atoms with Crippen LogP contribution < -0.4 is 5.32 Å². The molecule has 0 aliphatic carbocycles. The summed E-state index contributed by atoms with van der Waals surface area (Å²) in [4.78, 5) is 13.2. The molecule has 0 radical (unpaired) electrons. The van der Waals surface area contributed by atoms with Gasteiger partial charge in [-0.15, -0.1) is 11.8 Å². The highest BCUT2D eigenvalue weighted by molar-refractivity contribution is 8.00. The van der Waals surface area contributed by atoms with Crippen molar-refractivity contribution in [2.45, 2.75) is 31.1 Å². The lowest BCUT2D eigenvalue weighted by Gasteiger charge is -2.23. The summed E-state index contributed by atoms with van der Waals surface area (Å²) in [5, 5.41) is 3.03. The molecule has 0 saturated heterocycles. The zero-order valence-corrected chi connectivity index (χ0v) is 13.5. The highest BCUT2D eigenvalue weighted by Crippen LogP contribution is 2.29. The fourth-order valence-corrected chi connectivity index (χ4v) is 2.82. The first-order valence-electron chi connectivity index (χ1n) is 7.04. The number of nitrogens with one attached hydrogen (secondary N) is 1. The maximum Gasteiger partial charge on any atom is 0.234 e. The minimum atomic E-state index is 0.0104. The third kappa shape index (κ3) is 4.64. The third-order valence-electron chi connectivity index (χ3n) is 3.12. The van der Waals surface area contributed by atoms with Crippen LogP contribution in [0.15, 0.2) is 59.5 Å². The molecule has 0 saturated carbocycles. The standard InChI is InChI=1S/C18H21NOS/c1-18(2,3)15-11-7-8-12-16(15)19-17(20)13-21-14-9-5-4-6-10-14/h4-12H,13H2,1-3H3,(H,19,20). The maximum atomic E-state index is 12.1. The molecule has 2 nitrogen and oxygen atoms in total. The molecule has 0 unspecified atom stereocenters. The summed E-state index contributed by atoms with van der Waals surface area (Å²) in [5.74, 6) is 0.447. The molecule has 21 heavy (non-hydrogen) atoms. The highest BCUT2D eigenvalue weighted by atomic mass is 32.2. The average molecular weight is 299 g/mol. The number of hydrogen-bond acceptors (Lipinski definition) is 2. The van der Waals surface area contributed by atoms with Crippen LogP contribution in [0.2, 0.25) is 0 Å². The second-order valence-electron chi connectivity index (χ2n) is 5.95. The number of benzene rings is 2. The number of carbonyl (C=O) groups is 1. The van der Waals surface area contributed by atoms with Crippen molar-refractivity contribution in [1.82, 2.24) is 0 Å². The van der Waals surface area contributed by atoms with E-state index in [2.05, 4.69) is 32.2 Å². The van der Waals surface area contributed by atoms with Crippen molar-refractivity contribution in [3.8, 4) is 0 Å². The minimum absolute atomic E-state index is 0.0104. The maximum absolute atomic E-state index is 12.1. The van der Waals surface area contributed by atoms with Crippen LogP contribution in [0.3, 0.4) is 0 Å². The summed E-state index contributed by atoms with van der Waals surface area (Å²) >= 11 is 1.55. The van der Waals surface area contributed by atoms with Crippen LogP contribution >= 0.6 is 11.8 Å². The number of carbonyl (C=O) groups excluding carboxylic acids is 1. The molecule has 110 valence electrons. The summed E-state index contributed by atoms with van der Waals surface area (Å²) in [6.45, 7) is 6.45. The number of anilines is 1. The van der Waals surface area contributed by atoms with E-state index in [1.807, 2.05) is 48.5 Å². The first-order valence-corrected chi connectivity index (χ1v) is 8.02. The monoisotopic (exact) mass is 299 g/mol. The van der Waals surface area contributed by atoms with E-state index in [0.717, 1.165) is 16.1 Å². The van der Waals surface area contributed by atoms with E-state index in [-0.39, 0.29) is 11.3 Å². The van der Waals surface area contributed by atoms with Gasteiger partial charge in [-0.1, -0.05) is 57.2 Å². The lowest BCUT2D eigenvalue weighted by atomic mass is 9.86. The van der Waals surface area contributed by atoms with Gasteiger partial charge in [-0.2, -0.15) is 0 Å². The molecule has 0 aliphatic heterocycles. The molecule has 0 heterocycles. The number of para-hydroxylation sites is 1. The molecule has 2 aromatic rings. The van der Waals surface area contributed by atoms with Gasteiger partial charge < -0.3 is 5.32 Å². The predicted octanol–water partition coefficient (Wildman–Crippen LogP) is 4.71. The lowest BCUT2D eigenvalue weighted by Crippen LogP contribution is -2.19. The zero-order valence-electron chi connectivity index (χ0n) is 12.7. The Balaban J connectivity index is 2.00. The second kappa shape index (κ2) is 6.81. The van der Waals surface area contributed by atoms with E-state index < -0.39 is 0 Å². The molecule has 2 aromatic carbocycles. The van der Waals surface area contributed by atoms with Crippen molar-refractivity contribution < 1.29 is 4.79 Å². The number of hydrogen-bond donors (Lipinski definition) is 1. The van der Waals surface area contributed by atoms with Crippen molar-refractivity contribution in [2.75, 3.05) is 11.1 Å². The van der Waals surface area contributed by atoms with Gasteiger partial charge >= 0.3 is 0 Å². The van der Waals surface area contributed by atoms with E-state index in [1.165, 1.54) is 0 Å². The van der Waals surface area contributed by atoms with Gasteiger partial charge in [0.2, 0.25) is 5.91 Å². The molecular weight excluding hydrogens is 278 g/mol. The van der Waals surface area contributed by atoms with Gasteiger partial charge in [0.05, 0.1) is 5.75 Å². The molecule has 0 atom stereocenters. The fourth-order valence-electron chi connectivity index (χ4n) is 2.10. The molecule has 2 rings (SSSR count). The smallest absolute Gasteiger partial charge is 0.234 e. The number of rotatable bonds is 4.